The number of nitrogens with zero attached hydrogens (tertiary/aromatic N) is 2. The number of rotatable bonds is 7. The monoisotopic (exact) mass is 444 g/mol. The molecular weight excluding hydrogens is 416 g/mol. The zero-order chi connectivity index (χ0) is 22.2. The highest BCUT2D eigenvalue weighted by Gasteiger charge is 2.16. The fourth-order valence-corrected chi connectivity index (χ4v) is 3.44. The first kappa shape index (κ1) is 22.7. The molecule has 0 atom stereocenters. The number of hydrogen-bond acceptors (Lipinski definition) is 4. The zero-order valence-electron chi connectivity index (χ0n) is 18.2. The van der Waals surface area contributed by atoms with Crippen LogP contribution in [0.4, 0.5) is 0 Å². The molecule has 1 aliphatic heterocycles. The van der Waals surface area contributed by atoms with Gasteiger partial charge in [-0.2, -0.15) is 0 Å². The van der Waals surface area contributed by atoms with Gasteiger partial charge in [0.2, 0.25) is 0 Å². The lowest BCUT2D eigenvalue weighted by Crippen LogP contribution is -2.38. The summed E-state index contributed by atoms with van der Waals surface area (Å²) in [6.07, 6.45) is 0.766. The van der Waals surface area contributed by atoms with Crippen molar-refractivity contribution in [3.63, 3.8) is 0 Å². The largest absolute Gasteiger partial charge is 0.486 e. The normalized spacial score (nSPS) is 13.0. The summed E-state index contributed by atoms with van der Waals surface area (Å²) in [5.41, 5.74) is 2.77. The highest BCUT2D eigenvalue weighted by atomic mass is 35.5. The molecule has 7 nitrogen and oxygen atoms in total. The van der Waals surface area contributed by atoms with Crippen molar-refractivity contribution in [2.24, 2.45) is 4.99 Å². The van der Waals surface area contributed by atoms with Gasteiger partial charge in [0.05, 0.1) is 11.6 Å². The summed E-state index contributed by atoms with van der Waals surface area (Å²) in [7, 11) is 3.49. The summed E-state index contributed by atoms with van der Waals surface area (Å²) in [6, 6.07) is 11.4. The second-order valence-corrected chi connectivity index (χ2v) is 7.78. The van der Waals surface area contributed by atoms with Crippen molar-refractivity contribution < 1.29 is 14.3 Å². The average molecular weight is 445 g/mol. The molecule has 0 aliphatic carbocycles. The number of nitrogens with one attached hydrogen (secondary N) is 2. The van der Waals surface area contributed by atoms with E-state index in [0.717, 1.165) is 30.1 Å². The first-order valence-corrected chi connectivity index (χ1v) is 10.8. The first-order valence-electron chi connectivity index (χ1n) is 10.4. The third-order valence-corrected chi connectivity index (χ3v) is 5.01. The number of halogens is 1. The number of carbonyl (C=O) groups is 1. The molecule has 0 bridgehead atoms. The predicted octanol–water partition coefficient (Wildman–Crippen LogP) is 3.11. The van der Waals surface area contributed by atoms with E-state index in [1.54, 1.807) is 19.0 Å². The molecule has 2 aromatic carbocycles. The summed E-state index contributed by atoms with van der Waals surface area (Å²) >= 11 is 6.32. The van der Waals surface area contributed by atoms with Gasteiger partial charge in [-0.25, -0.2) is 4.99 Å². The van der Waals surface area contributed by atoms with E-state index < -0.39 is 0 Å². The van der Waals surface area contributed by atoms with Gasteiger partial charge in [0.15, 0.2) is 17.5 Å². The van der Waals surface area contributed by atoms with Crippen molar-refractivity contribution in [1.82, 2.24) is 15.5 Å². The van der Waals surface area contributed by atoms with E-state index in [9.17, 15) is 4.79 Å². The molecule has 0 radical (unpaired) electrons. The third kappa shape index (κ3) is 6.28. The van der Waals surface area contributed by atoms with Crippen LogP contribution in [-0.2, 0) is 13.0 Å². The number of carbonyl (C=O) groups excluding carboxylic acids is 1. The first-order chi connectivity index (χ1) is 15.0. The minimum atomic E-state index is -0.00991. The molecule has 3 rings (SSSR count). The van der Waals surface area contributed by atoms with Crippen LogP contribution in [-0.4, -0.2) is 57.2 Å². The van der Waals surface area contributed by atoms with Crippen molar-refractivity contribution in [1.29, 1.82) is 0 Å². The van der Waals surface area contributed by atoms with Gasteiger partial charge in [-0.3, -0.25) is 4.79 Å². The molecule has 1 heterocycles. The number of ether oxygens (including phenoxy) is 2. The van der Waals surface area contributed by atoms with Crippen LogP contribution >= 0.6 is 11.6 Å². The van der Waals surface area contributed by atoms with Crippen LogP contribution in [0.25, 0.3) is 0 Å². The highest BCUT2D eigenvalue weighted by Crippen LogP contribution is 2.38. The van der Waals surface area contributed by atoms with Crippen LogP contribution < -0.4 is 20.1 Å². The van der Waals surface area contributed by atoms with E-state index in [1.807, 2.05) is 43.3 Å². The van der Waals surface area contributed by atoms with Gasteiger partial charge in [-0.15, -0.1) is 0 Å². The molecule has 2 N–H and O–H groups in total. The Hall–Kier alpha value is -2.93. The molecular formula is C23H29ClN4O3. The number of aliphatic imine (C=N–C) groups is 1. The Bertz CT molecular complexity index is 929. The predicted molar refractivity (Wildman–Crippen MR) is 123 cm³/mol. The average Bonchev–Trinajstić information content (AvgIpc) is 2.77. The maximum atomic E-state index is 12.0. The lowest BCUT2D eigenvalue weighted by atomic mass is 10.1. The Morgan fingerprint density at radius 3 is 2.55 bits per heavy atom. The molecule has 0 unspecified atom stereocenters. The topological polar surface area (TPSA) is 75.2 Å². The van der Waals surface area contributed by atoms with Crippen LogP contribution in [0, 0.1) is 0 Å². The molecule has 0 fully saturated rings. The van der Waals surface area contributed by atoms with Gasteiger partial charge in [0.25, 0.3) is 5.91 Å². The molecule has 1 amide bonds. The molecule has 8 heteroatoms. The van der Waals surface area contributed by atoms with Crippen molar-refractivity contribution in [2.75, 3.05) is 40.4 Å². The third-order valence-electron chi connectivity index (χ3n) is 4.73. The fraction of sp³-hybridized carbons (Fsp3) is 0.391. The molecule has 2 aromatic rings. The van der Waals surface area contributed by atoms with E-state index in [4.69, 9.17) is 21.1 Å². The van der Waals surface area contributed by atoms with Gasteiger partial charge in [0, 0.05) is 32.7 Å². The standard InChI is InChI=1S/C23H29ClN4O3/c1-4-25-23(27-15-16-5-7-18(8-6-16)22(29)28(2)3)26-10-9-17-13-19(24)21-20(14-17)30-11-12-31-21/h5-8,13-14H,4,9-12,15H2,1-3H3,(H2,25,26,27). The van der Waals surface area contributed by atoms with E-state index in [2.05, 4.69) is 15.6 Å². The Morgan fingerprint density at radius 2 is 1.84 bits per heavy atom. The number of amides is 1. The summed E-state index contributed by atoms with van der Waals surface area (Å²) in [6.45, 7) is 5.05. The summed E-state index contributed by atoms with van der Waals surface area (Å²) < 4.78 is 11.2. The van der Waals surface area contributed by atoms with Gasteiger partial charge in [-0.05, 0) is 48.7 Å². The van der Waals surface area contributed by atoms with Crippen molar-refractivity contribution in [2.45, 2.75) is 19.9 Å². The second-order valence-electron chi connectivity index (χ2n) is 7.37. The number of hydrogen-bond donors (Lipinski definition) is 2. The Morgan fingerprint density at radius 1 is 1.10 bits per heavy atom. The lowest BCUT2D eigenvalue weighted by molar-refractivity contribution is 0.0827. The van der Waals surface area contributed by atoms with E-state index in [0.29, 0.717) is 48.4 Å². The van der Waals surface area contributed by atoms with Crippen LogP contribution in [0.1, 0.15) is 28.4 Å². The van der Waals surface area contributed by atoms with E-state index >= 15 is 0 Å². The Labute approximate surface area is 188 Å². The molecule has 0 spiro atoms. The maximum Gasteiger partial charge on any atom is 0.253 e. The zero-order valence-corrected chi connectivity index (χ0v) is 19.0. The summed E-state index contributed by atoms with van der Waals surface area (Å²) in [4.78, 5) is 18.2. The van der Waals surface area contributed by atoms with Gasteiger partial charge in [0.1, 0.15) is 13.2 Å². The van der Waals surface area contributed by atoms with Crippen LogP contribution in [0.3, 0.4) is 0 Å². The number of benzene rings is 2. The van der Waals surface area contributed by atoms with Crippen molar-refractivity contribution >= 4 is 23.5 Å². The van der Waals surface area contributed by atoms with Crippen molar-refractivity contribution in [3.05, 3.63) is 58.1 Å². The lowest BCUT2D eigenvalue weighted by Gasteiger charge is -2.20. The fourth-order valence-electron chi connectivity index (χ4n) is 3.16. The summed E-state index contributed by atoms with van der Waals surface area (Å²) in [5, 5.41) is 7.17. The maximum absolute atomic E-state index is 12.0. The quantitative estimate of drug-likeness (QED) is 0.507. The van der Waals surface area contributed by atoms with E-state index in [-0.39, 0.29) is 5.91 Å². The second kappa shape index (κ2) is 10.9. The molecule has 0 saturated heterocycles. The summed E-state index contributed by atoms with van der Waals surface area (Å²) in [5.74, 6) is 2.05. The van der Waals surface area contributed by atoms with Gasteiger partial charge < -0.3 is 25.0 Å². The molecule has 1 aliphatic rings. The molecule has 166 valence electrons. The molecule has 0 saturated carbocycles. The SMILES string of the molecule is CCNC(=NCc1ccc(C(=O)N(C)C)cc1)NCCc1cc(Cl)c2c(c1)OCCO2. The van der Waals surface area contributed by atoms with Crippen LogP contribution in [0.2, 0.25) is 5.02 Å². The van der Waals surface area contributed by atoms with Gasteiger partial charge >= 0.3 is 0 Å². The van der Waals surface area contributed by atoms with Crippen LogP contribution in [0.15, 0.2) is 41.4 Å². The number of fused-ring (bicyclic) bond motifs is 1. The smallest absolute Gasteiger partial charge is 0.253 e. The molecule has 31 heavy (non-hydrogen) atoms. The Kier molecular flexibility index (Phi) is 8.00. The minimum Gasteiger partial charge on any atom is -0.486 e. The highest BCUT2D eigenvalue weighted by molar-refractivity contribution is 6.32. The minimum absolute atomic E-state index is 0.00991. The Balaban J connectivity index is 1.56. The van der Waals surface area contributed by atoms with Crippen LogP contribution in [0.5, 0.6) is 11.5 Å². The van der Waals surface area contributed by atoms with Gasteiger partial charge in [-0.1, -0.05) is 23.7 Å². The molecule has 0 aromatic heterocycles. The van der Waals surface area contributed by atoms with Crippen molar-refractivity contribution in [3.8, 4) is 11.5 Å². The van der Waals surface area contributed by atoms with E-state index in [1.165, 1.54) is 0 Å². The number of guanidine groups is 1.